The standard InChI is InChI=1S/C10H17NO2/c1-5-6-7-8-11-9(12)13-10(2,3)4/h5-8H,1-4H3,(H,11,12). The number of ether oxygens (including phenoxy) is 1. The lowest BCUT2D eigenvalue weighted by Crippen LogP contribution is -2.29. The van der Waals surface area contributed by atoms with Crippen molar-refractivity contribution in [1.29, 1.82) is 0 Å². The summed E-state index contributed by atoms with van der Waals surface area (Å²) in [6.07, 6.45) is 6.51. The van der Waals surface area contributed by atoms with Gasteiger partial charge in [0.05, 0.1) is 0 Å². The fraction of sp³-hybridized carbons (Fsp3) is 0.500. The summed E-state index contributed by atoms with van der Waals surface area (Å²) in [7, 11) is 0. The Labute approximate surface area is 79.5 Å². The van der Waals surface area contributed by atoms with Gasteiger partial charge in [-0.3, -0.25) is 5.32 Å². The van der Waals surface area contributed by atoms with Crippen LogP contribution in [0.4, 0.5) is 4.79 Å². The van der Waals surface area contributed by atoms with Crippen molar-refractivity contribution >= 4 is 6.09 Å². The predicted octanol–water partition coefficient (Wildman–Crippen LogP) is 2.60. The van der Waals surface area contributed by atoms with E-state index in [0.717, 1.165) is 0 Å². The van der Waals surface area contributed by atoms with E-state index in [1.165, 1.54) is 6.20 Å². The molecule has 0 radical (unpaired) electrons. The molecule has 0 aromatic carbocycles. The quantitative estimate of drug-likeness (QED) is 0.668. The molecule has 1 N–H and O–H groups in total. The molecule has 3 heteroatoms. The molecule has 1 amide bonds. The summed E-state index contributed by atoms with van der Waals surface area (Å²) in [5, 5.41) is 2.48. The van der Waals surface area contributed by atoms with E-state index in [2.05, 4.69) is 5.32 Å². The van der Waals surface area contributed by atoms with Crippen molar-refractivity contribution in [3.63, 3.8) is 0 Å². The monoisotopic (exact) mass is 183 g/mol. The molecule has 0 aliphatic carbocycles. The molecule has 0 aliphatic heterocycles. The Balaban J connectivity index is 3.76. The van der Waals surface area contributed by atoms with Crippen LogP contribution in [0.25, 0.3) is 0 Å². The molecule has 0 saturated heterocycles. The van der Waals surface area contributed by atoms with Crippen LogP contribution in [0.5, 0.6) is 0 Å². The Hall–Kier alpha value is -1.25. The summed E-state index contributed by atoms with van der Waals surface area (Å²) in [6.45, 7) is 7.37. The number of rotatable bonds is 2. The highest BCUT2D eigenvalue weighted by Crippen LogP contribution is 2.06. The van der Waals surface area contributed by atoms with Crippen LogP contribution >= 0.6 is 0 Å². The van der Waals surface area contributed by atoms with E-state index in [0.29, 0.717) is 0 Å². The zero-order valence-electron chi connectivity index (χ0n) is 8.63. The van der Waals surface area contributed by atoms with Gasteiger partial charge in [0.1, 0.15) is 5.60 Å². The average molecular weight is 183 g/mol. The van der Waals surface area contributed by atoms with Gasteiger partial charge < -0.3 is 4.74 Å². The van der Waals surface area contributed by atoms with Gasteiger partial charge in [0.15, 0.2) is 0 Å². The lowest BCUT2D eigenvalue weighted by atomic mass is 10.2. The average Bonchev–Trinajstić information content (AvgIpc) is 1.94. The first-order valence-corrected chi connectivity index (χ1v) is 4.23. The highest BCUT2D eigenvalue weighted by Gasteiger charge is 2.14. The number of hydrogen-bond acceptors (Lipinski definition) is 2. The molecule has 0 fully saturated rings. The number of alkyl carbamates (subject to hydrolysis) is 1. The number of nitrogens with one attached hydrogen (secondary N) is 1. The van der Waals surface area contributed by atoms with Crippen LogP contribution in [0.1, 0.15) is 27.7 Å². The lowest BCUT2D eigenvalue weighted by molar-refractivity contribution is 0.0552. The van der Waals surface area contributed by atoms with Crippen LogP contribution in [-0.4, -0.2) is 11.7 Å². The zero-order valence-corrected chi connectivity index (χ0v) is 8.63. The van der Waals surface area contributed by atoms with E-state index in [1.54, 1.807) is 6.08 Å². The summed E-state index contributed by atoms with van der Waals surface area (Å²) in [4.78, 5) is 11.0. The second kappa shape index (κ2) is 5.41. The van der Waals surface area contributed by atoms with Crippen molar-refractivity contribution in [3.8, 4) is 0 Å². The van der Waals surface area contributed by atoms with Crippen molar-refractivity contribution < 1.29 is 9.53 Å². The minimum atomic E-state index is -0.446. The largest absolute Gasteiger partial charge is 0.444 e. The van der Waals surface area contributed by atoms with Gasteiger partial charge in [-0.15, -0.1) is 0 Å². The molecular weight excluding hydrogens is 166 g/mol. The number of allylic oxidation sites excluding steroid dienone is 3. The molecule has 0 aromatic rings. The van der Waals surface area contributed by atoms with E-state index < -0.39 is 11.7 Å². The van der Waals surface area contributed by atoms with Crippen LogP contribution < -0.4 is 5.32 Å². The van der Waals surface area contributed by atoms with E-state index in [4.69, 9.17) is 4.74 Å². The van der Waals surface area contributed by atoms with Crippen molar-refractivity contribution in [3.05, 3.63) is 24.4 Å². The van der Waals surface area contributed by atoms with Crippen molar-refractivity contribution in [2.45, 2.75) is 33.3 Å². The van der Waals surface area contributed by atoms with Gasteiger partial charge in [-0.1, -0.05) is 12.2 Å². The maximum Gasteiger partial charge on any atom is 0.411 e. The van der Waals surface area contributed by atoms with E-state index in [1.807, 2.05) is 39.8 Å². The van der Waals surface area contributed by atoms with Crippen molar-refractivity contribution in [2.24, 2.45) is 0 Å². The van der Waals surface area contributed by atoms with Gasteiger partial charge in [-0.05, 0) is 33.8 Å². The van der Waals surface area contributed by atoms with Gasteiger partial charge in [-0.25, -0.2) is 4.79 Å². The van der Waals surface area contributed by atoms with E-state index in [9.17, 15) is 4.79 Å². The molecule has 0 rings (SSSR count). The molecule has 74 valence electrons. The maximum atomic E-state index is 11.0. The summed E-state index contributed by atoms with van der Waals surface area (Å²) in [6, 6.07) is 0. The topological polar surface area (TPSA) is 38.3 Å². The Morgan fingerprint density at radius 3 is 2.38 bits per heavy atom. The van der Waals surface area contributed by atoms with Crippen LogP contribution in [-0.2, 0) is 4.74 Å². The Morgan fingerprint density at radius 2 is 1.92 bits per heavy atom. The summed E-state index contributed by atoms with van der Waals surface area (Å²) < 4.78 is 4.99. The molecule has 0 heterocycles. The first-order valence-electron chi connectivity index (χ1n) is 4.23. The second-order valence-electron chi connectivity index (χ2n) is 3.53. The predicted molar refractivity (Wildman–Crippen MR) is 53.3 cm³/mol. The number of carbonyl (C=O) groups excluding carboxylic acids is 1. The molecule has 3 nitrogen and oxygen atoms in total. The van der Waals surface area contributed by atoms with Crippen LogP contribution in [0.3, 0.4) is 0 Å². The fourth-order valence-electron chi connectivity index (χ4n) is 0.590. The van der Waals surface area contributed by atoms with Gasteiger partial charge in [0, 0.05) is 6.20 Å². The lowest BCUT2D eigenvalue weighted by Gasteiger charge is -2.18. The van der Waals surface area contributed by atoms with E-state index in [-0.39, 0.29) is 0 Å². The molecule has 0 saturated carbocycles. The molecule has 13 heavy (non-hydrogen) atoms. The van der Waals surface area contributed by atoms with Gasteiger partial charge in [-0.2, -0.15) is 0 Å². The van der Waals surface area contributed by atoms with Gasteiger partial charge in [0.25, 0.3) is 0 Å². The highest BCUT2D eigenvalue weighted by atomic mass is 16.6. The maximum absolute atomic E-state index is 11.0. The summed E-state index contributed by atoms with van der Waals surface area (Å²) in [5.74, 6) is 0. The summed E-state index contributed by atoms with van der Waals surface area (Å²) >= 11 is 0. The molecule has 0 bridgehead atoms. The number of amides is 1. The normalized spacial score (nSPS) is 12.3. The van der Waals surface area contributed by atoms with Gasteiger partial charge >= 0.3 is 6.09 Å². The van der Waals surface area contributed by atoms with E-state index >= 15 is 0 Å². The zero-order chi connectivity index (χ0) is 10.3. The van der Waals surface area contributed by atoms with Crippen molar-refractivity contribution in [1.82, 2.24) is 5.32 Å². The molecule has 0 aromatic heterocycles. The van der Waals surface area contributed by atoms with Crippen LogP contribution in [0, 0.1) is 0 Å². The molecule has 0 atom stereocenters. The van der Waals surface area contributed by atoms with Gasteiger partial charge in [0.2, 0.25) is 0 Å². The summed E-state index contributed by atoms with van der Waals surface area (Å²) in [5.41, 5.74) is -0.446. The van der Waals surface area contributed by atoms with Crippen LogP contribution in [0.2, 0.25) is 0 Å². The van der Waals surface area contributed by atoms with Crippen LogP contribution in [0.15, 0.2) is 24.4 Å². The smallest absolute Gasteiger partial charge is 0.411 e. The van der Waals surface area contributed by atoms with Crippen molar-refractivity contribution in [2.75, 3.05) is 0 Å². The Kier molecular flexibility index (Phi) is 4.89. The molecular formula is C10H17NO2. The highest BCUT2D eigenvalue weighted by molar-refractivity contribution is 5.68. The minimum Gasteiger partial charge on any atom is -0.444 e. The molecule has 0 spiro atoms. The first kappa shape index (κ1) is 11.8. The third kappa shape index (κ3) is 8.66. The second-order valence-corrected chi connectivity index (χ2v) is 3.53. The Morgan fingerprint density at radius 1 is 1.31 bits per heavy atom. The fourth-order valence-corrected chi connectivity index (χ4v) is 0.590. The molecule has 0 unspecified atom stereocenters. The first-order chi connectivity index (χ1) is 5.95. The Bertz CT molecular complexity index is 211. The SMILES string of the molecule is CC=CC=CNC(=O)OC(C)(C)C. The number of carbonyl (C=O) groups is 1. The third-order valence-corrected chi connectivity index (χ3v) is 1.000. The minimum absolute atomic E-state index is 0.437. The number of hydrogen-bond donors (Lipinski definition) is 1. The molecule has 0 aliphatic rings. The third-order valence-electron chi connectivity index (χ3n) is 1.000.